The van der Waals surface area contributed by atoms with Crippen molar-refractivity contribution in [3.8, 4) is 5.75 Å². The molecule has 2 N–H and O–H groups in total. The number of halogens is 2. The molecule has 40 heavy (non-hydrogen) atoms. The molecule has 0 radical (unpaired) electrons. The van der Waals surface area contributed by atoms with Crippen molar-refractivity contribution in [1.82, 2.24) is 5.43 Å². The fraction of sp³-hybridized carbons (Fsp3) is 0.250. The SMILES string of the molecule is CCOC(=O)c1c(NC(=O)C(=O)N/N=C/c2cccc(OC(=O)c3ccc(Cl)cc3Cl)c2)sc2c1CCC(C)C2. The van der Waals surface area contributed by atoms with Gasteiger partial charge in [-0.3, -0.25) is 9.59 Å². The minimum absolute atomic E-state index is 0.149. The summed E-state index contributed by atoms with van der Waals surface area (Å²) >= 11 is 13.2. The first kappa shape index (κ1) is 29.3. The second-order valence-corrected chi connectivity index (χ2v) is 11.0. The third kappa shape index (κ3) is 7.07. The zero-order valence-corrected chi connectivity index (χ0v) is 23.9. The Labute approximate surface area is 244 Å². The molecule has 0 spiro atoms. The normalized spacial score (nSPS) is 14.3. The first-order chi connectivity index (χ1) is 19.2. The molecular weight excluding hydrogens is 577 g/mol. The van der Waals surface area contributed by atoms with Gasteiger partial charge in [-0.1, -0.05) is 42.3 Å². The smallest absolute Gasteiger partial charge is 0.345 e. The Morgan fingerprint density at radius 1 is 1.10 bits per heavy atom. The van der Waals surface area contributed by atoms with Crippen molar-refractivity contribution >= 4 is 69.5 Å². The summed E-state index contributed by atoms with van der Waals surface area (Å²) < 4.78 is 10.6. The summed E-state index contributed by atoms with van der Waals surface area (Å²) in [5.41, 5.74) is 3.97. The molecule has 1 aromatic heterocycles. The summed E-state index contributed by atoms with van der Waals surface area (Å²) in [4.78, 5) is 51.1. The Morgan fingerprint density at radius 2 is 1.90 bits per heavy atom. The summed E-state index contributed by atoms with van der Waals surface area (Å²) in [5, 5.41) is 7.19. The van der Waals surface area contributed by atoms with Gasteiger partial charge in [0.15, 0.2) is 0 Å². The molecule has 2 amide bonds. The zero-order chi connectivity index (χ0) is 28.8. The number of hydrogen-bond donors (Lipinski definition) is 2. The number of nitrogens with one attached hydrogen (secondary N) is 2. The molecule has 0 aliphatic heterocycles. The van der Waals surface area contributed by atoms with E-state index < -0.39 is 23.8 Å². The Kier molecular flexibility index (Phi) is 9.57. The zero-order valence-electron chi connectivity index (χ0n) is 21.6. The standard InChI is InChI=1S/C28H25Cl2N3O6S/c1-3-38-28(37)23-20-9-7-15(2)11-22(20)40-26(23)32-24(34)25(35)33-31-14-16-5-4-6-18(12-16)39-27(36)19-10-8-17(29)13-21(19)30/h4-6,8,10,12-15H,3,7,9,11H2,1-2H3,(H,32,34)(H,33,35)/b31-14+. The van der Waals surface area contributed by atoms with E-state index in [0.29, 0.717) is 28.5 Å². The van der Waals surface area contributed by atoms with Crippen molar-refractivity contribution in [3.63, 3.8) is 0 Å². The van der Waals surface area contributed by atoms with Crippen molar-refractivity contribution in [2.75, 3.05) is 11.9 Å². The molecule has 0 bridgehead atoms. The second-order valence-electron chi connectivity index (χ2n) is 9.02. The maximum absolute atomic E-state index is 12.6. The largest absolute Gasteiger partial charge is 0.462 e. The van der Waals surface area contributed by atoms with Gasteiger partial charge in [0.25, 0.3) is 0 Å². The van der Waals surface area contributed by atoms with Crippen LogP contribution in [0.3, 0.4) is 0 Å². The van der Waals surface area contributed by atoms with Gasteiger partial charge in [0.05, 0.1) is 29.0 Å². The van der Waals surface area contributed by atoms with Crippen molar-refractivity contribution < 1.29 is 28.7 Å². The molecule has 1 unspecified atom stereocenters. The van der Waals surface area contributed by atoms with E-state index in [-0.39, 0.29) is 27.9 Å². The van der Waals surface area contributed by atoms with Gasteiger partial charge < -0.3 is 14.8 Å². The number of nitrogens with zero attached hydrogens (tertiary/aromatic N) is 1. The highest BCUT2D eigenvalue weighted by Crippen LogP contribution is 2.40. The van der Waals surface area contributed by atoms with Crippen LogP contribution in [-0.2, 0) is 27.2 Å². The number of thiophene rings is 1. The maximum atomic E-state index is 12.6. The number of fused-ring (bicyclic) bond motifs is 1. The Bertz CT molecular complexity index is 1500. The molecule has 1 aliphatic rings. The molecule has 1 aliphatic carbocycles. The lowest BCUT2D eigenvalue weighted by Gasteiger charge is -2.18. The van der Waals surface area contributed by atoms with Crippen LogP contribution in [0.25, 0.3) is 0 Å². The number of hydrazone groups is 1. The van der Waals surface area contributed by atoms with E-state index in [1.54, 1.807) is 25.1 Å². The summed E-state index contributed by atoms with van der Waals surface area (Å²) in [6.07, 6.45) is 3.70. The number of esters is 2. The van der Waals surface area contributed by atoms with Crippen LogP contribution in [0.4, 0.5) is 5.00 Å². The monoisotopic (exact) mass is 601 g/mol. The number of ether oxygens (including phenoxy) is 2. The van der Waals surface area contributed by atoms with Gasteiger partial charge in [-0.25, -0.2) is 15.0 Å². The van der Waals surface area contributed by atoms with Crippen LogP contribution in [-0.4, -0.2) is 36.6 Å². The minimum atomic E-state index is -1.02. The highest BCUT2D eigenvalue weighted by Gasteiger charge is 2.30. The van der Waals surface area contributed by atoms with E-state index in [9.17, 15) is 19.2 Å². The summed E-state index contributed by atoms with van der Waals surface area (Å²) in [6, 6.07) is 10.8. The van der Waals surface area contributed by atoms with Gasteiger partial charge >= 0.3 is 23.8 Å². The third-order valence-corrected chi connectivity index (χ3v) is 7.74. The molecule has 12 heteroatoms. The predicted octanol–water partition coefficient (Wildman–Crippen LogP) is 5.66. The third-order valence-electron chi connectivity index (χ3n) is 6.02. The van der Waals surface area contributed by atoms with E-state index >= 15 is 0 Å². The van der Waals surface area contributed by atoms with Crippen molar-refractivity contribution in [1.29, 1.82) is 0 Å². The lowest BCUT2D eigenvalue weighted by Crippen LogP contribution is -2.32. The van der Waals surface area contributed by atoms with E-state index in [1.807, 2.05) is 0 Å². The fourth-order valence-corrected chi connectivity index (χ4v) is 5.99. The lowest BCUT2D eigenvalue weighted by molar-refractivity contribution is -0.136. The highest BCUT2D eigenvalue weighted by atomic mass is 35.5. The van der Waals surface area contributed by atoms with E-state index in [4.69, 9.17) is 32.7 Å². The number of hydrogen-bond acceptors (Lipinski definition) is 8. The van der Waals surface area contributed by atoms with Crippen molar-refractivity contribution in [2.24, 2.45) is 11.0 Å². The Morgan fingerprint density at radius 3 is 2.65 bits per heavy atom. The van der Waals surface area contributed by atoms with Crippen LogP contribution < -0.4 is 15.5 Å². The number of rotatable bonds is 7. The molecule has 4 rings (SSSR count). The van der Waals surface area contributed by atoms with Crippen LogP contribution in [0.1, 0.15) is 57.0 Å². The maximum Gasteiger partial charge on any atom is 0.345 e. The van der Waals surface area contributed by atoms with Gasteiger partial charge in [0, 0.05) is 9.90 Å². The van der Waals surface area contributed by atoms with Crippen molar-refractivity contribution in [3.05, 3.63) is 79.6 Å². The highest BCUT2D eigenvalue weighted by molar-refractivity contribution is 7.17. The Balaban J connectivity index is 1.39. The van der Waals surface area contributed by atoms with Crippen LogP contribution in [0.2, 0.25) is 10.0 Å². The molecule has 0 saturated carbocycles. The van der Waals surface area contributed by atoms with Gasteiger partial charge in [-0.15, -0.1) is 11.3 Å². The van der Waals surface area contributed by atoms with Gasteiger partial charge in [-0.2, -0.15) is 5.10 Å². The number of anilines is 1. The predicted molar refractivity (Wildman–Crippen MR) is 154 cm³/mol. The van der Waals surface area contributed by atoms with Gasteiger partial charge in [-0.05, 0) is 73.6 Å². The van der Waals surface area contributed by atoms with E-state index in [0.717, 1.165) is 23.3 Å². The van der Waals surface area contributed by atoms with Crippen LogP contribution in [0, 0.1) is 5.92 Å². The van der Waals surface area contributed by atoms with E-state index in [2.05, 4.69) is 22.8 Å². The second kappa shape index (κ2) is 13.1. The molecule has 3 aromatic rings. The van der Waals surface area contributed by atoms with Gasteiger partial charge in [0.1, 0.15) is 10.8 Å². The number of amides is 2. The fourth-order valence-electron chi connectivity index (χ4n) is 4.11. The molecule has 0 fully saturated rings. The van der Waals surface area contributed by atoms with E-state index in [1.165, 1.54) is 41.8 Å². The molecular formula is C28H25Cl2N3O6S. The van der Waals surface area contributed by atoms with Crippen LogP contribution >= 0.6 is 34.5 Å². The Hall–Kier alpha value is -3.73. The summed E-state index contributed by atoms with van der Waals surface area (Å²) in [5.74, 6) is -2.52. The average molecular weight is 602 g/mol. The van der Waals surface area contributed by atoms with Gasteiger partial charge in [0.2, 0.25) is 0 Å². The molecule has 1 heterocycles. The van der Waals surface area contributed by atoms with Crippen molar-refractivity contribution in [2.45, 2.75) is 33.1 Å². The lowest BCUT2D eigenvalue weighted by atomic mass is 9.88. The molecule has 2 aromatic carbocycles. The average Bonchev–Trinajstić information content (AvgIpc) is 3.25. The quantitative estimate of drug-likeness (QED) is 0.118. The number of carbonyl (C=O) groups is 4. The van der Waals surface area contributed by atoms with Crippen LogP contribution in [0.5, 0.6) is 5.75 Å². The molecule has 0 saturated heterocycles. The molecule has 9 nitrogen and oxygen atoms in total. The molecule has 208 valence electrons. The first-order valence-corrected chi connectivity index (χ1v) is 14.0. The first-order valence-electron chi connectivity index (χ1n) is 12.4. The van der Waals surface area contributed by atoms with Crippen LogP contribution in [0.15, 0.2) is 47.6 Å². The number of benzene rings is 2. The summed E-state index contributed by atoms with van der Waals surface area (Å²) in [7, 11) is 0. The summed E-state index contributed by atoms with van der Waals surface area (Å²) in [6.45, 7) is 4.03. The minimum Gasteiger partial charge on any atom is -0.462 e. The topological polar surface area (TPSA) is 123 Å². The molecule has 1 atom stereocenters. The number of carbonyl (C=O) groups excluding carboxylic acids is 4.